The summed E-state index contributed by atoms with van der Waals surface area (Å²) in [6.45, 7) is 4.21. The zero-order chi connectivity index (χ0) is 52.7. The molecule has 2 atom stereocenters. The van der Waals surface area contributed by atoms with E-state index in [0.717, 1.165) is 89.9 Å². The second-order valence-electron chi connectivity index (χ2n) is 21.1. The van der Waals surface area contributed by atoms with Gasteiger partial charge < -0.3 is 15.5 Å². The number of aliphatic hydroxyl groups is 2. The maximum Gasteiger partial charge on any atom is 0.220 e. The van der Waals surface area contributed by atoms with E-state index in [9.17, 15) is 15.0 Å². The van der Waals surface area contributed by atoms with Gasteiger partial charge in [0.2, 0.25) is 5.91 Å². The Balaban J connectivity index is 3.56. The van der Waals surface area contributed by atoms with Gasteiger partial charge in [-0.2, -0.15) is 0 Å². The van der Waals surface area contributed by atoms with E-state index in [1.165, 1.54) is 193 Å². The smallest absolute Gasteiger partial charge is 0.220 e. The SMILES string of the molecule is CC/C=C\C/C=C\C/C=C\C/C=C\C/C=C\C/C=C\C/C=C\C/C=C\CCCCCCCCCCC(=O)NC(CO)C(O)/C=C/CCCCCCCCCCCCCCCCCCCCCCCCCCCC. The van der Waals surface area contributed by atoms with E-state index in [2.05, 4.69) is 116 Å². The average molecular weight is 1010 g/mol. The van der Waals surface area contributed by atoms with E-state index in [4.69, 9.17) is 0 Å². The maximum atomic E-state index is 12.5. The molecule has 0 aliphatic carbocycles. The third kappa shape index (κ3) is 59.8. The third-order valence-corrected chi connectivity index (χ3v) is 14.0. The van der Waals surface area contributed by atoms with Crippen LogP contribution in [0.15, 0.2) is 109 Å². The van der Waals surface area contributed by atoms with Gasteiger partial charge in [0.05, 0.1) is 18.8 Å². The minimum Gasteiger partial charge on any atom is -0.394 e. The highest BCUT2D eigenvalue weighted by Gasteiger charge is 2.18. The lowest BCUT2D eigenvalue weighted by molar-refractivity contribution is -0.123. The van der Waals surface area contributed by atoms with E-state index in [0.29, 0.717) is 6.42 Å². The molecule has 0 saturated heterocycles. The molecule has 73 heavy (non-hydrogen) atoms. The van der Waals surface area contributed by atoms with E-state index in [-0.39, 0.29) is 12.5 Å². The second kappa shape index (κ2) is 63.3. The van der Waals surface area contributed by atoms with Gasteiger partial charge >= 0.3 is 0 Å². The molecule has 0 bridgehead atoms. The molecule has 0 heterocycles. The Morgan fingerprint density at radius 3 is 0.904 bits per heavy atom. The van der Waals surface area contributed by atoms with E-state index in [1.54, 1.807) is 6.08 Å². The lowest BCUT2D eigenvalue weighted by atomic mass is 10.0. The molecule has 2 unspecified atom stereocenters. The van der Waals surface area contributed by atoms with E-state index in [1.807, 2.05) is 6.08 Å². The van der Waals surface area contributed by atoms with E-state index < -0.39 is 12.1 Å². The molecule has 0 aliphatic heterocycles. The third-order valence-electron chi connectivity index (χ3n) is 14.0. The van der Waals surface area contributed by atoms with Crippen molar-refractivity contribution in [2.75, 3.05) is 6.61 Å². The van der Waals surface area contributed by atoms with Crippen LogP contribution in [0.25, 0.3) is 0 Å². The summed E-state index contributed by atoms with van der Waals surface area (Å²) in [5.41, 5.74) is 0. The molecular formula is C69H121NO3. The summed E-state index contributed by atoms with van der Waals surface area (Å²) in [4.78, 5) is 12.5. The Kier molecular flexibility index (Phi) is 60.8. The first-order valence-corrected chi connectivity index (χ1v) is 31.6. The number of aliphatic hydroxyl groups excluding tert-OH is 2. The van der Waals surface area contributed by atoms with Crippen LogP contribution < -0.4 is 5.32 Å². The Labute approximate surface area is 455 Å². The summed E-state index contributed by atoms with van der Waals surface area (Å²) in [7, 11) is 0. The van der Waals surface area contributed by atoms with Gasteiger partial charge in [0.15, 0.2) is 0 Å². The highest BCUT2D eigenvalue weighted by Crippen LogP contribution is 2.17. The molecule has 0 aromatic rings. The van der Waals surface area contributed by atoms with Gasteiger partial charge in [0.1, 0.15) is 0 Å². The minimum atomic E-state index is -0.852. The first kappa shape index (κ1) is 70.1. The number of amides is 1. The van der Waals surface area contributed by atoms with Crippen molar-refractivity contribution in [3.63, 3.8) is 0 Å². The first-order valence-electron chi connectivity index (χ1n) is 31.6. The minimum absolute atomic E-state index is 0.0738. The van der Waals surface area contributed by atoms with Gasteiger partial charge in [-0.1, -0.05) is 322 Å². The van der Waals surface area contributed by atoms with Gasteiger partial charge in [0, 0.05) is 6.42 Å². The van der Waals surface area contributed by atoms with Crippen molar-refractivity contribution in [2.45, 2.75) is 315 Å². The molecule has 0 saturated carbocycles. The van der Waals surface area contributed by atoms with Gasteiger partial charge in [-0.15, -0.1) is 0 Å². The predicted molar refractivity (Wildman–Crippen MR) is 326 cm³/mol. The van der Waals surface area contributed by atoms with Crippen LogP contribution in [0.3, 0.4) is 0 Å². The molecule has 0 rings (SSSR count). The highest BCUT2D eigenvalue weighted by atomic mass is 16.3. The van der Waals surface area contributed by atoms with Crippen molar-refractivity contribution in [1.29, 1.82) is 0 Å². The largest absolute Gasteiger partial charge is 0.394 e. The molecule has 1 amide bonds. The zero-order valence-corrected chi connectivity index (χ0v) is 48.4. The molecule has 3 N–H and O–H groups in total. The summed E-state index contributed by atoms with van der Waals surface area (Å²) < 4.78 is 0. The molecule has 0 aromatic carbocycles. The Bertz CT molecular complexity index is 1380. The fourth-order valence-electron chi connectivity index (χ4n) is 9.26. The van der Waals surface area contributed by atoms with Crippen molar-refractivity contribution in [2.24, 2.45) is 0 Å². The van der Waals surface area contributed by atoms with Gasteiger partial charge in [-0.05, 0) is 83.5 Å². The second-order valence-corrected chi connectivity index (χ2v) is 21.1. The molecule has 0 aliphatic rings. The number of allylic oxidation sites excluding steroid dienone is 17. The van der Waals surface area contributed by atoms with E-state index >= 15 is 0 Å². The van der Waals surface area contributed by atoms with Crippen molar-refractivity contribution in [1.82, 2.24) is 5.32 Å². The van der Waals surface area contributed by atoms with Crippen LogP contribution in [0.1, 0.15) is 303 Å². The topological polar surface area (TPSA) is 69.6 Å². The summed E-state index contributed by atoms with van der Waals surface area (Å²) in [6, 6.07) is -0.636. The summed E-state index contributed by atoms with van der Waals surface area (Å²) in [6.07, 6.45) is 95.6. The van der Waals surface area contributed by atoms with Crippen molar-refractivity contribution < 1.29 is 15.0 Å². The molecular weight excluding hydrogens is 891 g/mol. The number of carbonyl (C=O) groups excluding carboxylic acids is 1. The van der Waals surface area contributed by atoms with Gasteiger partial charge in [-0.3, -0.25) is 4.79 Å². The number of hydrogen-bond acceptors (Lipinski definition) is 3. The molecule has 4 nitrogen and oxygen atoms in total. The normalized spacial score (nSPS) is 13.5. The van der Waals surface area contributed by atoms with Crippen molar-refractivity contribution in [3.05, 3.63) is 109 Å². The summed E-state index contributed by atoms with van der Waals surface area (Å²) in [5.74, 6) is -0.0738. The van der Waals surface area contributed by atoms with Crippen molar-refractivity contribution in [3.8, 4) is 0 Å². The number of carbonyl (C=O) groups is 1. The summed E-state index contributed by atoms with van der Waals surface area (Å²) in [5, 5.41) is 23.2. The number of unbranched alkanes of at least 4 members (excludes halogenated alkanes) is 34. The fraction of sp³-hybridized carbons (Fsp3) is 0.725. The van der Waals surface area contributed by atoms with Crippen LogP contribution in [0, 0.1) is 0 Å². The van der Waals surface area contributed by atoms with Crippen LogP contribution in [0.4, 0.5) is 0 Å². The van der Waals surface area contributed by atoms with Gasteiger partial charge in [0.25, 0.3) is 0 Å². The monoisotopic (exact) mass is 1010 g/mol. The Hall–Kier alpha value is -2.95. The average Bonchev–Trinajstić information content (AvgIpc) is 3.40. The Morgan fingerprint density at radius 1 is 0.342 bits per heavy atom. The first-order chi connectivity index (χ1) is 36.2. The summed E-state index contributed by atoms with van der Waals surface area (Å²) >= 11 is 0. The standard InChI is InChI=1S/C69H121NO3/c1-3-5-7-9-11-13-15-17-19-21-23-25-27-29-31-33-34-35-36-37-39-41-43-45-47-49-51-53-55-57-59-61-63-65-69(73)70-67(66-71)68(72)64-62-60-58-56-54-52-50-48-46-44-42-40-38-32-30-28-26-24-22-20-18-16-14-12-10-8-6-4-2/h5,7,11,13,17,19,23,25,29,31,34-35,37,39,43,45,62,64,67-68,71-72H,3-4,6,8-10,12,14-16,18,20-22,24,26-28,30,32-33,36,38,40-42,44,46-61,63,65-66H2,1-2H3,(H,70,73)/b7-5-,13-11-,19-17-,25-23-,31-29-,35-34-,39-37-,45-43-,64-62+. The molecule has 0 spiro atoms. The van der Waals surface area contributed by atoms with Crippen LogP contribution >= 0.6 is 0 Å². The van der Waals surface area contributed by atoms with Crippen LogP contribution in [0.5, 0.6) is 0 Å². The van der Waals surface area contributed by atoms with Crippen LogP contribution in [0.2, 0.25) is 0 Å². The molecule has 4 heteroatoms. The predicted octanol–water partition coefficient (Wildman–Crippen LogP) is 21.4. The number of rotatable bonds is 57. The molecule has 0 radical (unpaired) electrons. The van der Waals surface area contributed by atoms with Crippen LogP contribution in [-0.2, 0) is 4.79 Å². The lowest BCUT2D eigenvalue weighted by Gasteiger charge is -2.20. The van der Waals surface area contributed by atoms with Crippen LogP contribution in [-0.4, -0.2) is 34.9 Å². The van der Waals surface area contributed by atoms with Crippen molar-refractivity contribution >= 4 is 5.91 Å². The lowest BCUT2D eigenvalue weighted by Crippen LogP contribution is -2.45. The molecule has 420 valence electrons. The quantitative estimate of drug-likeness (QED) is 0.0420. The highest BCUT2D eigenvalue weighted by molar-refractivity contribution is 5.76. The Morgan fingerprint density at radius 2 is 0.603 bits per heavy atom. The number of hydrogen-bond donors (Lipinski definition) is 3. The zero-order valence-electron chi connectivity index (χ0n) is 48.4. The van der Waals surface area contributed by atoms with Gasteiger partial charge in [-0.25, -0.2) is 0 Å². The molecule has 0 aromatic heterocycles. The number of nitrogens with one attached hydrogen (secondary N) is 1. The molecule has 0 fully saturated rings. The fourth-order valence-corrected chi connectivity index (χ4v) is 9.26. The maximum absolute atomic E-state index is 12.5.